The first-order valence-electron chi connectivity index (χ1n) is 33.1. The van der Waals surface area contributed by atoms with Crippen LogP contribution < -0.4 is 5.73 Å². The van der Waals surface area contributed by atoms with Crippen LogP contribution in [-0.4, -0.2) is 49.3 Å². The third-order valence-corrected chi connectivity index (χ3v) is 15.3. The van der Waals surface area contributed by atoms with Crippen LogP contribution in [0.15, 0.2) is 85.1 Å². The summed E-state index contributed by atoms with van der Waals surface area (Å²) in [5, 5.41) is 0. The Kier molecular flexibility index (Phi) is 62.1. The van der Waals surface area contributed by atoms with E-state index in [-0.39, 0.29) is 32.6 Å². The van der Waals surface area contributed by atoms with Gasteiger partial charge >= 0.3 is 19.8 Å². The van der Waals surface area contributed by atoms with Crippen molar-refractivity contribution in [2.24, 2.45) is 5.73 Å². The van der Waals surface area contributed by atoms with Gasteiger partial charge in [0, 0.05) is 19.4 Å². The number of nitrogens with two attached hydrogens (primary N) is 1. The van der Waals surface area contributed by atoms with Crippen molar-refractivity contribution in [3.05, 3.63) is 85.1 Å². The van der Waals surface area contributed by atoms with Crippen molar-refractivity contribution >= 4 is 19.8 Å². The van der Waals surface area contributed by atoms with E-state index in [0.717, 1.165) is 57.8 Å². The number of phosphoric acid groups is 1. The number of carbonyl (C=O) groups excluding carboxylic acids is 2. The summed E-state index contributed by atoms with van der Waals surface area (Å²) in [5.74, 6) is -0.919. The maximum atomic E-state index is 12.7. The SMILES string of the molecule is CC/C=C\C/C=C\C/C=C\C/C=C\C/C=C\C/C=C\CCC(=O)OC(COC(=O)CCCCCCCCCCCCCCCCCCCCCCCCCCCCC/C=C\CCCCCCCCCC)COP(=O)(O)OCCN. The molecule has 2 unspecified atom stereocenters. The summed E-state index contributed by atoms with van der Waals surface area (Å²) in [6.45, 7) is 3.57. The Labute approximate surface area is 487 Å². The van der Waals surface area contributed by atoms with Gasteiger partial charge in [0.2, 0.25) is 0 Å². The van der Waals surface area contributed by atoms with E-state index in [0.29, 0.717) is 6.42 Å². The second-order valence-corrected chi connectivity index (χ2v) is 23.4. The molecule has 0 spiro atoms. The molecule has 3 N–H and O–H groups in total. The number of hydrogen-bond donors (Lipinski definition) is 2. The molecule has 2 atom stereocenters. The smallest absolute Gasteiger partial charge is 0.462 e. The monoisotopic (exact) mass is 1130 g/mol. The summed E-state index contributed by atoms with van der Waals surface area (Å²) in [4.78, 5) is 35.2. The number of unbranched alkanes of at least 4 members (excludes halogenated alkanes) is 35. The first kappa shape index (κ1) is 76.2. The molecule has 458 valence electrons. The van der Waals surface area contributed by atoms with Crippen LogP contribution in [0.2, 0.25) is 0 Å². The summed E-state index contributed by atoms with van der Waals surface area (Å²) in [6.07, 6.45) is 85.7. The fourth-order valence-electron chi connectivity index (χ4n) is 9.43. The normalized spacial score (nSPS) is 13.5. The highest BCUT2D eigenvalue weighted by Gasteiger charge is 2.26. The van der Waals surface area contributed by atoms with Crippen molar-refractivity contribution in [1.29, 1.82) is 0 Å². The third kappa shape index (κ3) is 64.2. The van der Waals surface area contributed by atoms with Crippen molar-refractivity contribution in [3.63, 3.8) is 0 Å². The quantitative estimate of drug-likeness (QED) is 0.0264. The molecule has 0 aromatic carbocycles. The highest BCUT2D eigenvalue weighted by Crippen LogP contribution is 2.43. The van der Waals surface area contributed by atoms with E-state index in [1.54, 1.807) is 0 Å². The Bertz CT molecular complexity index is 1570. The Hall–Kier alpha value is -2.81. The standard InChI is InChI=1S/C69H124NO8P/c1-3-5-7-9-11-13-15-17-19-21-23-24-25-26-27-28-29-30-31-32-33-34-35-36-37-38-39-40-41-42-44-45-47-49-51-53-55-57-59-61-68(71)75-65-67(66-77-79(73,74)76-64-63-70)78-69(72)62-60-58-56-54-52-50-48-46-43-22-20-18-16-14-12-10-8-6-4-2/h6,8,12,14,18,20-21,23,43,46,50,52,56,58,67H,3-5,7,9-11,13,15-17,19,22,24-42,44-45,47-49,51,53-55,57,59-66,70H2,1-2H3,(H,73,74)/b8-6-,14-12-,20-18-,23-21-,46-43-,52-50-,58-56-. The lowest BCUT2D eigenvalue weighted by molar-refractivity contribution is -0.161. The second kappa shape index (κ2) is 64.4. The predicted octanol–water partition coefficient (Wildman–Crippen LogP) is 21.4. The molecule has 10 heteroatoms. The Morgan fingerprint density at radius 1 is 0.392 bits per heavy atom. The van der Waals surface area contributed by atoms with Crippen LogP contribution in [0, 0.1) is 0 Å². The van der Waals surface area contributed by atoms with Crippen molar-refractivity contribution in [2.75, 3.05) is 26.4 Å². The molecule has 0 saturated heterocycles. The average molecular weight is 1130 g/mol. The van der Waals surface area contributed by atoms with Gasteiger partial charge in [0.05, 0.1) is 13.2 Å². The van der Waals surface area contributed by atoms with E-state index in [1.165, 1.54) is 218 Å². The van der Waals surface area contributed by atoms with Crippen LogP contribution in [0.3, 0.4) is 0 Å². The first-order chi connectivity index (χ1) is 38.8. The van der Waals surface area contributed by atoms with Gasteiger partial charge in [-0.05, 0) is 77.0 Å². The number of esters is 2. The van der Waals surface area contributed by atoms with E-state index in [4.69, 9.17) is 24.3 Å². The molecule has 9 nitrogen and oxygen atoms in total. The number of ether oxygens (including phenoxy) is 2. The molecule has 0 aliphatic rings. The minimum absolute atomic E-state index is 0.0394. The molecule has 0 bridgehead atoms. The number of carbonyl (C=O) groups is 2. The fraction of sp³-hybridized carbons (Fsp3) is 0.768. The van der Waals surface area contributed by atoms with Gasteiger partial charge in [-0.1, -0.05) is 304 Å². The highest BCUT2D eigenvalue weighted by atomic mass is 31.2. The summed E-state index contributed by atoms with van der Waals surface area (Å²) in [6, 6.07) is 0. The van der Waals surface area contributed by atoms with Crippen LogP contribution in [-0.2, 0) is 32.7 Å². The minimum Gasteiger partial charge on any atom is -0.462 e. The molecular weight excluding hydrogens is 1000 g/mol. The van der Waals surface area contributed by atoms with Gasteiger partial charge in [-0.3, -0.25) is 18.6 Å². The Morgan fingerprint density at radius 2 is 0.722 bits per heavy atom. The number of allylic oxidation sites excluding steroid dienone is 14. The van der Waals surface area contributed by atoms with Crippen molar-refractivity contribution in [3.8, 4) is 0 Å². The largest absolute Gasteiger partial charge is 0.472 e. The Morgan fingerprint density at radius 3 is 1.09 bits per heavy atom. The molecule has 0 fully saturated rings. The zero-order chi connectivity index (χ0) is 57.3. The van der Waals surface area contributed by atoms with E-state index in [9.17, 15) is 19.0 Å². The first-order valence-corrected chi connectivity index (χ1v) is 34.6. The van der Waals surface area contributed by atoms with Crippen LogP contribution in [0.25, 0.3) is 0 Å². The molecule has 0 aromatic heterocycles. The van der Waals surface area contributed by atoms with Gasteiger partial charge in [0.15, 0.2) is 6.10 Å². The van der Waals surface area contributed by atoms with Gasteiger partial charge in [0.25, 0.3) is 0 Å². The molecule has 0 amide bonds. The van der Waals surface area contributed by atoms with Gasteiger partial charge < -0.3 is 20.1 Å². The fourth-order valence-corrected chi connectivity index (χ4v) is 10.2. The second-order valence-electron chi connectivity index (χ2n) is 22.0. The molecule has 0 aliphatic carbocycles. The summed E-state index contributed by atoms with van der Waals surface area (Å²) < 4.78 is 33.0. The predicted molar refractivity (Wildman–Crippen MR) is 339 cm³/mol. The van der Waals surface area contributed by atoms with Crippen LogP contribution in [0.4, 0.5) is 0 Å². The lowest BCUT2D eigenvalue weighted by Crippen LogP contribution is -2.29. The highest BCUT2D eigenvalue weighted by molar-refractivity contribution is 7.47. The number of rotatable bonds is 62. The van der Waals surface area contributed by atoms with Gasteiger partial charge in [0.1, 0.15) is 6.61 Å². The number of phosphoric ester groups is 1. The van der Waals surface area contributed by atoms with Crippen LogP contribution in [0.5, 0.6) is 0 Å². The molecule has 79 heavy (non-hydrogen) atoms. The summed E-state index contributed by atoms with van der Waals surface area (Å²) >= 11 is 0. The average Bonchev–Trinajstić information content (AvgIpc) is 3.44. The summed E-state index contributed by atoms with van der Waals surface area (Å²) in [5.41, 5.74) is 5.38. The lowest BCUT2D eigenvalue weighted by atomic mass is 10.0. The molecule has 0 radical (unpaired) electrons. The zero-order valence-corrected chi connectivity index (χ0v) is 52.2. The maximum Gasteiger partial charge on any atom is 0.472 e. The molecular formula is C69H124NO8P. The lowest BCUT2D eigenvalue weighted by Gasteiger charge is -2.19. The Balaban J connectivity index is 3.82. The molecule has 0 heterocycles. The minimum atomic E-state index is -4.41. The van der Waals surface area contributed by atoms with E-state index in [2.05, 4.69) is 86.8 Å². The number of hydrogen-bond acceptors (Lipinski definition) is 8. The van der Waals surface area contributed by atoms with E-state index in [1.807, 2.05) is 12.2 Å². The van der Waals surface area contributed by atoms with Crippen molar-refractivity contribution in [2.45, 2.75) is 315 Å². The molecule has 0 rings (SSSR count). The molecule has 0 saturated carbocycles. The van der Waals surface area contributed by atoms with Crippen LogP contribution >= 0.6 is 7.82 Å². The van der Waals surface area contributed by atoms with Gasteiger partial charge in [-0.15, -0.1) is 0 Å². The van der Waals surface area contributed by atoms with E-state index < -0.39 is 32.5 Å². The van der Waals surface area contributed by atoms with Gasteiger partial charge in [-0.25, -0.2) is 4.57 Å². The van der Waals surface area contributed by atoms with Crippen molar-refractivity contribution in [1.82, 2.24) is 0 Å². The molecule has 0 aliphatic heterocycles. The maximum absolute atomic E-state index is 12.7. The zero-order valence-electron chi connectivity index (χ0n) is 51.3. The van der Waals surface area contributed by atoms with E-state index >= 15 is 0 Å². The van der Waals surface area contributed by atoms with Crippen molar-refractivity contribution < 1.29 is 37.6 Å². The van der Waals surface area contributed by atoms with Crippen LogP contribution in [0.1, 0.15) is 309 Å². The topological polar surface area (TPSA) is 134 Å². The third-order valence-electron chi connectivity index (χ3n) is 14.3. The molecule has 0 aromatic rings. The summed E-state index contributed by atoms with van der Waals surface area (Å²) in [7, 11) is -4.41. The van der Waals surface area contributed by atoms with Gasteiger partial charge in [-0.2, -0.15) is 0 Å².